The second-order valence-electron chi connectivity index (χ2n) is 6.09. The van der Waals surface area contributed by atoms with Crippen LogP contribution in [0, 0.1) is 5.92 Å². The minimum Gasteiger partial charge on any atom is -0.356 e. The van der Waals surface area contributed by atoms with Crippen molar-refractivity contribution < 1.29 is 4.52 Å². The first-order valence-corrected chi connectivity index (χ1v) is 7.88. The number of guanidine groups is 1. The molecule has 1 N–H and O–H groups in total. The summed E-state index contributed by atoms with van der Waals surface area (Å²) in [4.78, 5) is 11.1. The number of hydrogen-bond acceptors (Lipinski definition) is 4. The topological polar surface area (TPSA) is 66.5 Å². The molecule has 0 saturated carbocycles. The molecule has 2 heterocycles. The van der Waals surface area contributed by atoms with E-state index in [4.69, 9.17) is 4.52 Å². The Morgan fingerprint density at radius 3 is 2.64 bits per heavy atom. The number of likely N-dealkylation sites (tertiary alicyclic amines) is 1. The molecular weight excluding hydrogens is 393 g/mol. The summed E-state index contributed by atoms with van der Waals surface area (Å²) in [5, 5.41) is 7.37. The largest absolute Gasteiger partial charge is 0.356 e. The Bertz CT molecular complexity index is 466. The number of piperidine rings is 1. The van der Waals surface area contributed by atoms with Crippen molar-refractivity contribution in [2.24, 2.45) is 10.9 Å². The van der Waals surface area contributed by atoms with E-state index in [0.29, 0.717) is 11.8 Å². The summed E-state index contributed by atoms with van der Waals surface area (Å²) in [6.07, 6.45) is 3.20. The zero-order valence-electron chi connectivity index (χ0n) is 14.0. The fourth-order valence-electron chi connectivity index (χ4n) is 2.44. The van der Waals surface area contributed by atoms with Crippen LogP contribution in [0.25, 0.3) is 0 Å². The molecule has 0 bridgehead atoms. The van der Waals surface area contributed by atoms with Crippen molar-refractivity contribution in [3.8, 4) is 0 Å². The molecule has 0 amide bonds. The van der Waals surface area contributed by atoms with Gasteiger partial charge in [-0.1, -0.05) is 25.9 Å². The summed E-state index contributed by atoms with van der Waals surface area (Å²) in [5.41, 5.74) is 0. The molecule has 126 valence electrons. The van der Waals surface area contributed by atoms with Crippen LogP contribution in [0.1, 0.15) is 51.2 Å². The second-order valence-corrected chi connectivity index (χ2v) is 6.09. The van der Waals surface area contributed by atoms with Gasteiger partial charge >= 0.3 is 0 Å². The lowest BCUT2D eigenvalue weighted by Crippen LogP contribution is -2.45. The third-order valence-corrected chi connectivity index (χ3v) is 3.92. The molecule has 6 nitrogen and oxygen atoms in total. The molecule has 1 saturated heterocycles. The number of nitrogens with one attached hydrogen (secondary N) is 1. The molecule has 0 radical (unpaired) electrons. The third kappa shape index (κ3) is 5.40. The number of hydrogen-bond donors (Lipinski definition) is 1. The van der Waals surface area contributed by atoms with E-state index in [1.807, 2.05) is 7.05 Å². The molecule has 0 aromatic carbocycles. The van der Waals surface area contributed by atoms with Gasteiger partial charge in [-0.2, -0.15) is 4.98 Å². The molecule has 0 atom stereocenters. The van der Waals surface area contributed by atoms with Gasteiger partial charge < -0.3 is 14.7 Å². The number of nitrogens with zero attached hydrogens (tertiary/aromatic N) is 4. The number of aliphatic imine (C=N–C) groups is 1. The lowest BCUT2D eigenvalue weighted by atomic mass is 10.00. The molecular formula is C15H28IN5O. The molecule has 1 aromatic rings. The smallest absolute Gasteiger partial charge is 0.228 e. The van der Waals surface area contributed by atoms with E-state index in [-0.39, 0.29) is 24.0 Å². The average Bonchev–Trinajstić information content (AvgIpc) is 2.94. The highest BCUT2D eigenvalue weighted by Gasteiger charge is 2.18. The summed E-state index contributed by atoms with van der Waals surface area (Å²) in [5.74, 6) is 3.57. The standard InChI is InChI=1S/C15H27N5O.HI/c1-11(2)14-18-13(21-19-14)5-8-17-15(16-4)20-9-6-12(3)7-10-20;/h11-12H,5-10H2,1-4H3,(H,16,17);1H. The molecule has 0 spiro atoms. The lowest BCUT2D eigenvalue weighted by molar-refractivity contribution is 0.273. The number of halogens is 1. The van der Waals surface area contributed by atoms with E-state index < -0.39 is 0 Å². The van der Waals surface area contributed by atoms with Crippen molar-refractivity contribution in [1.82, 2.24) is 20.4 Å². The molecule has 22 heavy (non-hydrogen) atoms. The van der Waals surface area contributed by atoms with E-state index in [0.717, 1.165) is 43.8 Å². The molecule has 0 unspecified atom stereocenters. The second kappa shape index (κ2) is 9.32. The van der Waals surface area contributed by atoms with Crippen molar-refractivity contribution in [3.05, 3.63) is 11.7 Å². The number of aromatic nitrogens is 2. The first kappa shape index (κ1) is 19.2. The van der Waals surface area contributed by atoms with E-state index in [1.54, 1.807) is 0 Å². The molecule has 2 rings (SSSR count). The summed E-state index contributed by atoms with van der Waals surface area (Å²) >= 11 is 0. The van der Waals surface area contributed by atoms with Crippen molar-refractivity contribution in [1.29, 1.82) is 0 Å². The van der Waals surface area contributed by atoms with Gasteiger partial charge in [0, 0.05) is 39.0 Å². The minimum atomic E-state index is 0. The van der Waals surface area contributed by atoms with Crippen LogP contribution in [-0.2, 0) is 6.42 Å². The van der Waals surface area contributed by atoms with Crippen LogP contribution < -0.4 is 5.32 Å². The summed E-state index contributed by atoms with van der Waals surface area (Å²) in [6, 6.07) is 0. The SMILES string of the molecule is CN=C(NCCc1nc(C(C)C)no1)N1CCC(C)CC1.I. The predicted octanol–water partition coefficient (Wildman–Crippen LogP) is 2.66. The molecule has 7 heteroatoms. The van der Waals surface area contributed by atoms with E-state index >= 15 is 0 Å². The van der Waals surface area contributed by atoms with Gasteiger partial charge in [-0.05, 0) is 18.8 Å². The maximum atomic E-state index is 5.25. The fraction of sp³-hybridized carbons (Fsp3) is 0.800. The van der Waals surface area contributed by atoms with Crippen molar-refractivity contribution in [2.45, 2.75) is 46.0 Å². The first-order chi connectivity index (χ1) is 10.1. The van der Waals surface area contributed by atoms with Crippen LogP contribution >= 0.6 is 24.0 Å². The summed E-state index contributed by atoms with van der Waals surface area (Å²) < 4.78 is 5.25. The van der Waals surface area contributed by atoms with Gasteiger partial charge in [-0.15, -0.1) is 24.0 Å². The van der Waals surface area contributed by atoms with E-state index in [9.17, 15) is 0 Å². The predicted molar refractivity (Wildman–Crippen MR) is 98.8 cm³/mol. The van der Waals surface area contributed by atoms with Crippen molar-refractivity contribution in [3.63, 3.8) is 0 Å². The highest BCUT2D eigenvalue weighted by molar-refractivity contribution is 14.0. The molecule has 1 aromatic heterocycles. The van der Waals surface area contributed by atoms with Crippen LogP contribution in [0.15, 0.2) is 9.52 Å². The molecule has 1 aliphatic rings. The molecule has 1 aliphatic heterocycles. The van der Waals surface area contributed by atoms with Crippen molar-refractivity contribution in [2.75, 3.05) is 26.7 Å². The van der Waals surface area contributed by atoms with Crippen LogP contribution in [-0.4, -0.2) is 47.7 Å². The fourth-order valence-corrected chi connectivity index (χ4v) is 2.44. The Hall–Kier alpha value is -0.860. The molecule has 0 aliphatic carbocycles. The maximum Gasteiger partial charge on any atom is 0.228 e. The Morgan fingerprint density at radius 1 is 1.41 bits per heavy atom. The molecule has 1 fully saturated rings. The quantitative estimate of drug-likeness (QED) is 0.460. The summed E-state index contributed by atoms with van der Waals surface area (Å²) in [7, 11) is 1.84. The average molecular weight is 421 g/mol. The monoisotopic (exact) mass is 421 g/mol. The van der Waals surface area contributed by atoms with Gasteiger partial charge in [0.2, 0.25) is 5.89 Å². The van der Waals surface area contributed by atoms with Crippen LogP contribution in [0.4, 0.5) is 0 Å². The first-order valence-electron chi connectivity index (χ1n) is 7.88. The zero-order valence-corrected chi connectivity index (χ0v) is 16.3. The van der Waals surface area contributed by atoms with Crippen LogP contribution in [0.3, 0.4) is 0 Å². The van der Waals surface area contributed by atoms with Crippen LogP contribution in [0.2, 0.25) is 0 Å². The van der Waals surface area contributed by atoms with Gasteiger partial charge in [0.25, 0.3) is 0 Å². The maximum absolute atomic E-state index is 5.25. The van der Waals surface area contributed by atoms with Gasteiger partial charge in [0.05, 0.1) is 0 Å². The van der Waals surface area contributed by atoms with Gasteiger partial charge in [0.15, 0.2) is 11.8 Å². The highest BCUT2D eigenvalue weighted by Crippen LogP contribution is 2.15. The highest BCUT2D eigenvalue weighted by atomic mass is 127. The van der Waals surface area contributed by atoms with E-state index in [2.05, 4.69) is 46.1 Å². The summed E-state index contributed by atoms with van der Waals surface area (Å²) in [6.45, 7) is 9.36. The van der Waals surface area contributed by atoms with Crippen LogP contribution in [0.5, 0.6) is 0 Å². The van der Waals surface area contributed by atoms with E-state index in [1.165, 1.54) is 12.8 Å². The van der Waals surface area contributed by atoms with Gasteiger partial charge in [0.1, 0.15) is 0 Å². The Labute approximate surface area is 150 Å². The Balaban J connectivity index is 0.00000242. The van der Waals surface area contributed by atoms with Crippen molar-refractivity contribution >= 4 is 29.9 Å². The lowest BCUT2D eigenvalue weighted by Gasteiger charge is -2.32. The van der Waals surface area contributed by atoms with Gasteiger partial charge in [-0.3, -0.25) is 4.99 Å². The Kier molecular flexibility index (Phi) is 8.13. The normalized spacial score (nSPS) is 16.8. The zero-order chi connectivity index (χ0) is 15.2. The Morgan fingerprint density at radius 2 is 2.09 bits per heavy atom. The number of rotatable bonds is 4. The third-order valence-electron chi connectivity index (χ3n) is 3.92. The minimum absolute atomic E-state index is 0. The van der Waals surface area contributed by atoms with Gasteiger partial charge in [-0.25, -0.2) is 0 Å².